The van der Waals surface area contributed by atoms with Crippen molar-refractivity contribution in [2.75, 3.05) is 17.4 Å². The van der Waals surface area contributed by atoms with Crippen molar-refractivity contribution in [2.45, 2.75) is 37.8 Å². The van der Waals surface area contributed by atoms with E-state index in [9.17, 15) is 18.0 Å². The van der Waals surface area contributed by atoms with Gasteiger partial charge in [0.15, 0.2) is 0 Å². The lowest BCUT2D eigenvalue weighted by molar-refractivity contribution is -0.140. The van der Waals surface area contributed by atoms with Crippen LogP contribution in [0.5, 0.6) is 0 Å². The van der Waals surface area contributed by atoms with Crippen molar-refractivity contribution < 1.29 is 18.0 Å². The average molecular weight is 653 g/mol. The number of carbonyl (C=O) groups excluding carboxylic acids is 2. The summed E-state index contributed by atoms with van der Waals surface area (Å²) in [5, 5.41) is 3.82. The predicted molar refractivity (Wildman–Crippen MR) is 176 cm³/mol. The summed E-state index contributed by atoms with van der Waals surface area (Å²) in [7, 11) is -4.20. The minimum Gasteiger partial charge on any atom is -0.354 e. The highest BCUT2D eigenvalue weighted by atomic mass is 35.5. The summed E-state index contributed by atoms with van der Waals surface area (Å²) in [4.78, 5) is 29.7. The summed E-state index contributed by atoms with van der Waals surface area (Å²) in [6.45, 7) is 3.89. The molecule has 4 rings (SSSR count). The lowest BCUT2D eigenvalue weighted by atomic mass is 10.0. The smallest absolute Gasteiger partial charge is 0.264 e. The Balaban J connectivity index is 1.79. The number of benzene rings is 4. The van der Waals surface area contributed by atoms with Crippen molar-refractivity contribution in [1.82, 2.24) is 10.2 Å². The van der Waals surface area contributed by atoms with Crippen LogP contribution in [0, 0.1) is 5.92 Å². The van der Waals surface area contributed by atoms with Crippen LogP contribution in [0.3, 0.4) is 0 Å². The van der Waals surface area contributed by atoms with E-state index in [4.69, 9.17) is 23.2 Å². The zero-order chi connectivity index (χ0) is 31.7. The topological polar surface area (TPSA) is 86.8 Å². The molecule has 10 heteroatoms. The maximum Gasteiger partial charge on any atom is 0.264 e. The highest BCUT2D eigenvalue weighted by Gasteiger charge is 2.34. The summed E-state index contributed by atoms with van der Waals surface area (Å²) >= 11 is 12.4. The van der Waals surface area contributed by atoms with E-state index in [-0.39, 0.29) is 35.4 Å². The van der Waals surface area contributed by atoms with E-state index in [1.807, 2.05) is 44.2 Å². The van der Waals surface area contributed by atoms with Gasteiger partial charge < -0.3 is 10.2 Å². The lowest BCUT2D eigenvalue weighted by Crippen LogP contribution is -2.53. The molecule has 0 aliphatic heterocycles. The first-order chi connectivity index (χ1) is 21.0. The number of halogens is 2. The monoisotopic (exact) mass is 651 g/mol. The standard InChI is InChI=1S/C34H35Cl2N3O4S/c1-25(2)22-37-34(41)32(20-26-10-5-3-6-11-26)38(23-27-16-18-28(35)19-17-27)33(40)24-39(30-13-9-12-29(36)21-30)44(42,43)31-14-7-4-8-15-31/h3-19,21,25,32H,20,22-24H2,1-2H3,(H,37,41). The van der Waals surface area contributed by atoms with Gasteiger partial charge in [0, 0.05) is 29.6 Å². The van der Waals surface area contributed by atoms with E-state index < -0.39 is 28.5 Å². The zero-order valence-corrected chi connectivity index (χ0v) is 26.9. The van der Waals surface area contributed by atoms with Crippen LogP contribution in [-0.4, -0.2) is 44.3 Å². The molecule has 1 unspecified atom stereocenters. The van der Waals surface area contributed by atoms with E-state index in [1.54, 1.807) is 60.7 Å². The molecule has 0 saturated heterocycles. The van der Waals surface area contributed by atoms with Crippen molar-refractivity contribution in [3.8, 4) is 0 Å². The molecule has 4 aromatic rings. The van der Waals surface area contributed by atoms with Crippen molar-refractivity contribution in [1.29, 1.82) is 0 Å². The Kier molecular flexibility index (Phi) is 11.4. The molecule has 0 aliphatic carbocycles. The highest BCUT2D eigenvalue weighted by Crippen LogP contribution is 2.27. The Hall–Kier alpha value is -3.85. The van der Waals surface area contributed by atoms with E-state index >= 15 is 0 Å². The van der Waals surface area contributed by atoms with Crippen molar-refractivity contribution in [2.24, 2.45) is 5.92 Å². The van der Waals surface area contributed by atoms with Gasteiger partial charge in [-0.25, -0.2) is 8.42 Å². The fourth-order valence-corrected chi connectivity index (χ4v) is 6.38. The Bertz CT molecular complexity index is 1650. The molecule has 0 aliphatic rings. The Morgan fingerprint density at radius 3 is 2.02 bits per heavy atom. The second-order valence-corrected chi connectivity index (χ2v) is 13.5. The third-order valence-electron chi connectivity index (χ3n) is 6.93. The molecule has 4 aromatic carbocycles. The molecule has 1 N–H and O–H groups in total. The van der Waals surface area contributed by atoms with Gasteiger partial charge in [-0.3, -0.25) is 13.9 Å². The number of carbonyl (C=O) groups is 2. The first-order valence-electron chi connectivity index (χ1n) is 14.2. The molecule has 0 fully saturated rings. The van der Waals surface area contributed by atoms with E-state index in [2.05, 4.69) is 5.32 Å². The quantitative estimate of drug-likeness (QED) is 0.176. The summed E-state index contributed by atoms with van der Waals surface area (Å²) in [5.74, 6) is -0.698. The van der Waals surface area contributed by atoms with Crippen LogP contribution in [0.4, 0.5) is 5.69 Å². The Labute approximate surface area is 269 Å². The number of anilines is 1. The van der Waals surface area contributed by atoms with Gasteiger partial charge in [0.05, 0.1) is 10.6 Å². The average Bonchev–Trinajstić information content (AvgIpc) is 3.02. The van der Waals surface area contributed by atoms with E-state index in [0.29, 0.717) is 16.6 Å². The molecule has 7 nitrogen and oxygen atoms in total. The first kappa shape index (κ1) is 33.1. The SMILES string of the molecule is CC(C)CNC(=O)C(Cc1ccccc1)N(Cc1ccc(Cl)cc1)C(=O)CN(c1cccc(Cl)c1)S(=O)(=O)c1ccccc1. The number of sulfonamides is 1. The number of nitrogens with zero attached hydrogens (tertiary/aromatic N) is 2. The molecule has 1 atom stereocenters. The van der Waals surface area contributed by atoms with Crippen LogP contribution in [0.25, 0.3) is 0 Å². The molecule has 0 bridgehead atoms. The van der Waals surface area contributed by atoms with Crippen molar-refractivity contribution in [3.63, 3.8) is 0 Å². The minimum absolute atomic E-state index is 0.0209. The Morgan fingerprint density at radius 1 is 0.773 bits per heavy atom. The number of nitrogens with one attached hydrogen (secondary N) is 1. The highest BCUT2D eigenvalue weighted by molar-refractivity contribution is 7.92. The van der Waals surface area contributed by atoms with Crippen LogP contribution >= 0.6 is 23.2 Å². The molecular weight excluding hydrogens is 617 g/mol. The number of amides is 2. The second-order valence-electron chi connectivity index (χ2n) is 10.8. The number of hydrogen-bond donors (Lipinski definition) is 1. The van der Waals surface area contributed by atoms with Gasteiger partial charge >= 0.3 is 0 Å². The normalized spacial score (nSPS) is 12.0. The molecule has 0 saturated carbocycles. The third kappa shape index (κ3) is 8.85. The summed E-state index contributed by atoms with van der Waals surface area (Å²) in [6.07, 6.45) is 0.229. The molecule has 2 amide bonds. The summed E-state index contributed by atoms with van der Waals surface area (Å²) < 4.78 is 29.0. The zero-order valence-electron chi connectivity index (χ0n) is 24.6. The van der Waals surface area contributed by atoms with Gasteiger partial charge in [-0.15, -0.1) is 0 Å². The summed E-state index contributed by atoms with van der Waals surface area (Å²) in [6, 6.07) is 29.7. The molecule has 44 heavy (non-hydrogen) atoms. The largest absolute Gasteiger partial charge is 0.354 e. The van der Waals surface area contributed by atoms with Crippen LogP contribution in [0.2, 0.25) is 10.0 Å². The van der Waals surface area contributed by atoms with Gasteiger partial charge in [0.2, 0.25) is 11.8 Å². The summed E-state index contributed by atoms with van der Waals surface area (Å²) in [5.41, 5.74) is 1.82. The molecule has 230 valence electrons. The maximum absolute atomic E-state index is 14.4. The molecule has 0 aromatic heterocycles. The van der Waals surface area contributed by atoms with Gasteiger partial charge in [0.25, 0.3) is 10.0 Å². The number of rotatable bonds is 13. The van der Waals surface area contributed by atoms with Crippen LogP contribution < -0.4 is 9.62 Å². The van der Waals surface area contributed by atoms with Gasteiger partial charge in [-0.2, -0.15) is 0 Å². The fraction of sp³-hybridized carbons (Fsp3) is 0.235. The first-order valence-corrected chi connectivity index (χ1v) is 16.4. The van der Waals surface area contributed by atoms with Gasteiger partial charge in [-0.1, -0.05) is 104 Å². The Morgan fingerprint density at radius 2 is 1.41 bits per heavy atom. The van der Waals surface area contributed by atoms with Gasteiger partial charge in [-0.05, 0) is 59.5 Å². The van der Waals surface area contributed by atoms with Crippen LogP contribution in [0.1, 0.15) is 25.0 Å². The molecule has 0 spiro atoms. The van der Waals surface area contributed by atoms with E-state index in [0.717, 1.165) is 15.4 Å². The number of hydrogen-bond acceptors (Lipinski definition) is 4. The minimum atomic E-state index is -4.20. The van der Waals surface area contributed by atoms with Crippen LogP contribution in [-0.2, 0) is 32.6 Å². The molecule has 0 heterocycles. The van der Waals surface area contributed by atoms with Crippen molar-refractivity contribution >= 4 is 50.7 Å². The molecular formula is C34H35Cl2N3O4S. The second kappa shape index (κ2) is 15.2. The fourth-order valence-electron chi connectivity index (χ4n) is 4.64. The van der Waals surface area contributed by atoms with Crippen molar-refractivity contribution in [3.05, 3.63) is 130 Å². The predicted octanol–water partition coefficient (Wildman–Crippen LogP) is 6.60. The van der Waals surface area contributed by atoms with Crippen LogP contribution in [0.15, 0.2) is 114 Å². The van der Waals surface area contributed by atoms with Gasteiger partial charge in [0.1, 0.15) is 12.6 Å². The third-order valence-corrected chi connectivity index (χ3v) is 9.20. The molecule has 0 radical (unpaired) electrons. The maximum atomic E-state index is 14.4. The lowest BCUT2D eigenvalue weighted by Gasteiger charge is -2.34. The van der Waals surface area contributed by atoms with E-state index in [1.165, 1.54) is 23.1 Å².